The second kappa shape index (κ2) is 8.41. The van der Waals surface area contributed by atoms with Gasteiger partial charge in [-0.1, -0.05) is 0 Å². The fourth-order valence-electron chi connectivity index (χ4n) is 1.64. The molecule has 6 atom stereocenters. The van der Waals surface area contributed by atoms with Crippen molar-refractivity contribution < 1.29 is 40.9 Å². The van der Waals surface area contributed by atoms with E-state index in [0.29, 0.717) is 0 Å². The average Bonchev–Trinajstić information content (AvgIpc) is 2.57. The van der Waals surface area contributed by atoms with Crippen LogP contribution in [0.25, 0.3) is 0 Å². The molecule has 0 unspecified atom stereocenters. The van der Waals surface area contributed by atoms with E-state index in [0.717, 1.165) is 12.4 Å². The Morgan fingerprint density at radius 3 is 1.23 bits per heavy atom. The van der Waals surface area contributed by atoms with Crippen molar-refractivity contribution >= 4 is 0 Å². The van der Waals surface area contributed by atoms with Crippen LogP contribution in [0.5, 0.6) is 0 Å². The normalized spacial score (nSPS) is 20.0. The van der Waals surface area contributed by atoms with Crippen molar-refractivity contribution in [3.05, 3.63) is 23.8 Å². The second-order valence-corrected chi connectivity index (χ2v) is 4.74. The van der Waals surface area contributed by atoms with Gasteiger partial charge in [-0.15, -0.1) is 0 Å². The monoisotopic (exact) mass is 320 g/mol. The highest BCUT2D eigenvalue weighted by Crippen LogP contribution is 2.20. The lowest BCUT2D eigenvalue weighted by Crippen LogP contribution is -2.36. The molecule has 0 saturated heterocycles. The van der Waals surface area contributed by atoms with Gasteiger partial charge in [0, 0.05) is 0 Å². The molecule has 8 N–H and O–H groups in total. The molecule has 1 rings (SSSR count). The fourth-order valence-corrected chi connectivity index (χ4v) is 1.64. The summed E-state index contributed by atoms with van der Waals surface area (Å²) in [6.45, 7) is -1.51. The van der Waals surface area contributed by atoms with Gasteiger partial charge in [0.05, 0.1) is 37.0 Å². The highest BCUT2D eigenvalue weighted by atomic mass is 16.4. The maximum Gasteiger partial charge on any atom is 0.126 e. The number of aliphatic hydroxyl groups is 8. The molecular weight excluding hydrogens is 300 g/mol. The first-order chi connectivity index (χ1) is 10.3. The predicted molar refractivity (Wildman–Crippen MR) is 70.2 cm³/mol. The predicted octanol–water partition coefficient (Wildman–Crippen LogP) is -4.03. The number of hydrogen-bond donors (Lipinski definition) is 8. The van der Waals surface area contributed by atoms with Crippen LogP contribution in [0.2, 0.25) is 0 Å². The number of aliphatic hydroxyl groups excluding tert-OH is 8. The van der Waals surface area contributed by atoms with E-state index in [1.807, 2.05) is 0 Å². The van der Waals surface area contributed by atoms with E-state index in [9.17, 15) is 30.6 Å². The first-order valence-corrected chi connectivity index (χ1v) is 6.45. The molecule has 0 aliphatic rings. The van der Waals surface area contributed by atoms with Gasteiger partial charge in [0.1, 0.15) is 36.6 Å². The lowest BCUT2D eigenvalue weighted by atomic mass is 10.0. The van der Waals surface area contributed by atoms with E-state index in [2.05, 4.69) is 9.97 Å². The van der Waals surface area contributed by atoms with Crippen LogP contribution >= 0.6 is 0 Å². The number of rotatable bonds is 8. The van der Waals surface area contributed by atoms with E-state index >= 15 is 0 Å². The Hall–Kier alpha value is -1.24. The lowest BCUT2D eigenvalue weighted by Gasteiger charge is -2.22. The lowest BCUT2D eigenvalue weighted by molar-refractivity contribution is -0.0808. The Labute approximate surface area is 125 Å². The molecular formula is C12H20N2O8. The molecule has 1 aromatic heterocycles. The Morgan fingerprint density at radius 2 is 1.00 bits per heavy atom. The molecule has 0 aromatic carbocycles. The molecule has 10 nitrogen and oxygen atoms in total. The van der Waals surface area contributed by atoms with Crippen LogP contribution in [0, 0.1) is 0 Å². The van der Waals surface area contributed by atoms with Crippen LogP contribution in [0.3, 0.4) is 0 Å². The van der Waals surface area contributed by atoms with Crippen molar-refractivity contribution in [2.75, 3.05) is 13.2 Å². The van der Waals surface area contributed by atoms with Crippen molar-refractivity contribution in [2.24, 2.45) is 0 Å². The van der Waals surface area contributed by atoms with Gasteiger partial charge in [0.15, 0.2) is 0 Å². The largest absolute Gasteiger partial charge is 0.394 e. The molecule has 0 aliphatic heterocycles. The molecule has 0 aliphatic carbocycles. The van der Waals surface area contributed by atoms with Crippen molar-refractivity contribution in [1.29, 1.82) is 0 Å². The minimum absolute atomic E-state index is 0.131. The third-order valence-electron chi connectivity index (χ3n) is 3.11. The maximum absolute atomic E-state index is 9.75. The van der Waals surface area contributed by atoms with Crippen LogP contribution in [-0.4, -0.2) is 88.4 Å². The highest BCUT2D eigenvalue weighted by Gasteiger charge is 2.29. The highest BCUT2D eigenvalue weighted by molar-refractivity contribution is 5.10. The molecule has 1 heterocycles. The zero-order valence-corrected chi connectivity index (χ0v) is 11.5. The van der Waals surface area contributed by atoms with Gasteiger partial charge in [-0.05, 0) is 0 Å². The Morgan fingerprint density at radius 1 is 0.682 bits per heavy atom. The molecule has 0 saturated carbocycles. The van der Waals surface area contributed by atoms with Gasteiger partial charge < -0.3 is 40.9 Å². The van der Waals surface area contributed by atoms with Crippen LogP contribution in [0.4, 0.5) is 0 Å². The summed E-state index contributed by atoms with van der Waals surface area (Å²) in [6, 6.07) is 0. The Balaban J connectivity index is 2.82. The van der Waals surface area contributed by atoms with E-state index in [4.69, 9.17) is 10.2 Å². The van der Waals surface area contributed by atoms with Gasteiger partial charge in [-0.25, -0.2) is 0 Å². The SMILES string of the molecule is OC[C@@H](O)[C@@H](O)[C@H](O)c1cnc([C@@H](O)[C@H](O)[C@H](O)CO)cn1. The summed E-state index contributed by atoms with van der Waals surface area (Å²) in [6.07, 6.45) is -7.74. The smallest absolute Gasteiger partial charge is 0.126 e. The van der Waals surface area contributed by atoms with Gasteiger partial charge in [0.2, 0.25) is 0 Å². The van der Waals surface area contributed by atoms with Gasteiger partial charge in [-0.2, -0.15) is 0 Å². The van der Waals surface area contributed by atoms with E-state index in [-0.39, 0.29) is 11.4 Å². The van der Waals surface area contributed by atoms with E-state index < -0.39 is 49.8 Å². The van der Waals surface area contributed by atoms with Crippen LogP contribution in [-0.2, 0) is 0 Å². The topological polar surface area (TPSA) is 188 Å². The van der Waals surface area contributed by atoms with Crippen LogP contribution in [0.1, 0.15) is 23.6 Å². The minimum atomic E-state index is -1.68. The number of aromatic nitrogens is 2. The molecule has 126 valence electrons. The summed E-state index contributed by atoms with van der Waals surface area (Å²) in [7, 11) is 0. The molecule has 0 bridgehead atoms. The first-order valence-electron chi connectivity index (χ1n) is 6.45. The maximum atomic E-state index is 9.75. The molecule has 1 aromatic rings. The van der Waals surface area contributed by atoms with E-state index in [1.165, 1.54) is 0 Å². The zero-order chi connectivity index (χ0) is 16.9. The van der Waals surface area contributed by atoms with Crippen molar-refractivity contribution in [3.63, 3.8) is 0 Å². The molecule has 0 fully saturated rings. The first kappa shape index (κ1) is 18.8. The van der Waals surface area contributed by atoms with E-state index in [1.54, 1.807) is 0 Å². The number of nitrogens with zero attached hydrogens (tertiary/aromatic N) is 2. The van der Waals surface area contributed by atoms with Crippen molar-refractivity contribution in [1.82, 2.24) is 9.97 Å². The third-order valence-corrected chi connectivity index (χ3v) is 3.11. The minimum Gasteiger partial charge on any atom is -0.394 e. The molecule has 10 heteroatoms. The van der Waals surface area contributed by atoms with Crippen LogP contribution in [0.15, 0.2) is 12.4 Å². The van der Waals surface area contributed by atoms with Crippen molar-refractivity contribution in [3.8, 4) is 0 Å². The second-order valence-electron chi connectivity index (χ2n) is 4.74. The molecule has 0 spiro atoms. The fraction of sp³-hybridized carbons (Fsp3) is 0.667. The molecule has 0 amide bonds. The standard InChI is InChI=1S/C12H20N2O8/c15-3-7(17)11(21)9(19)5-1-13-6(2-14-5)10(20)12(22)8(18)4-16/h1-2,7-12,15-22H,3-4H2/t7-,8-,9-,10-,11-,12-/m1/s1. The summed E-state index contributed by atoms with van der Waals surface area (Å²) < 4.78 is 0. The zero-order valence-electron chi connectivity index (χ0n) is 11.5. The molecule has 22 heavy (non-hydrogen) atoms. The number of hydrogen-bond acceptors (Lipinski definition) is 10. The van der Waals surface area contributed by atoms with Gasteiger partial charge >= 0.3 is 0 Å². The van der Waals surface area contributed by atoms with Gasteiger partial charge in [-0.3, -0.25) is 9.97 Å². The van der Waals surface area contributed by atoms with Crippen molar-refractivity contribution in [2.45, 2.75) is 36.6 Å². The quantitative estimate of drug-likeness (QED) is 0.234. The summed E-state index contributed by atoms with van der Waals surface area (Å²) in [5.74, 6) is 0. The summed E-state index contributed by atoms with van der Waals surface area (Å²) >= 11 is 0. The van der Waals surface area contributed by atoms with Gasteiger partial charge in [0.25, 0.3) is 0 Å². The third kappa shape index (κ3) is 4.38. The summed E-state index contributed by atoms with van der Waals surface area (Å²) in [5.41, 5.74) is -0.263. The summed E-state index contributed by atoms with van der Waals surface area (Å²) in [4.78, 5) is 7.45. The molecule has 0 radical (unpaired) electrons. The average molecular weight is 320 g/mol. The summed E-state index contributed by atoms with van der Waals surface area (Å²) in [5, 5.41) is 74.4. The Kier molecular flexibility index (Phi) is 7.19. The Bertz CT molecular complexity index is 404. The van der Waals surface area contributed by atoms with Crippen LogP contribution < -0.4 is 0 Å².